The number of hydrogen-bond acceptors (Lipinski definition) is 3. The largest absolute Gasteiger partial charge is 0.416 e. The predicted molar refractivity (Wildman–Crippen MR) is 70.6 cm³/mol. The van der Waals surface area contributed by atoms with Crippen LogP contribution in [0.3, 0.4) is 0 Å². The molecule has 1 unspecified atom stereocenters. The smallest absolute Gasteiger partial charge is 0.376 e. The van der Waals surface area contributed by atoms with Crippen molar-refractivity contribution in [2.75, 3.05) is 19.7 Å². The first kappa shape index (κ1) is 16.5. The average Bonchev–Trinajstić information content (AvgIpc) is 2.37. The highest BCUT2D eigenvalue weighted by Gasteiger charge is 2.35. The van der Waals surface area contributed by atoms with Gasteiger partial charge in [0.05, 0.1) is 23.3 Å². The summed E-state index contributed by atoms with van der Waals surface area (Å²) < 4.78 is 69.4. The van der Waals surface area contributed by atoms with Crippen LogP contribution in [0, 0.1) is 0 Å². The zero-order chi connectivity index (χ0) is 15.8. The Hall–Kier alpha value is -0.830. The van der Waals surface area contributed by atoms with E-state index < -0.39 is 26.7 Å². The molecule has 0 bridgehead atoms. The van der Waals surface area contributed by atoms with Crippen LogP contribution >= 0.6 is 11.6 Å². The molecule has 1 saturated heterocycles. The Bertz CT molecular complexity index is 633. The van der Waals surface area contributed by atoms with Crippen LogP contribution in [0.5, 0.6) is 0 Å². The van der Waals surface area contributed by atoms with E-state index in [1.165, 1.54) is 0 Å². The summed E-state index contributed by atoms with van der Waals surface area (Å²) in [6.07, 6.45) is -4.95. The second kappa shape index (κ2) is 5.75. The molecule has 118 valence electrons. The number of sulfonamides is 1. The molecule has 2 rings (SSSR count). The highest BCUT2D eigenvalue weighted by atomic mass is 35.5. The molecule has 0 aliphatic carbocycles. The Labute approximate surface area is 125 Å². The molecule has 1 aliphatic rings. The summed E-state index contributed by atoms with van der Waals surface area (Å²) in [5, 5.41) is -0.234. The van der Waals surface area contributed by atoms with E-state index in [1.54, 1.807) is 6.92 Å². The maximum absolute atomic E-state index is 12.7. The van der Waals surface area contributed by atoms with E-state index in [1.807, 2.05) is 0 Å². The standard InChI is InChI=1S/C12H13ClF3NO3S/c1-8-7-17(4-5-20-8)21(18,19)11-6-9(12(14,15)16)2-3-10(11)13/h2-3,6,8H,4-5,7H2,1H3. The maximum atomic E-state index is 12.7. The third kappa shape index (κ3) is 3.50. The van der Waals surface area contributed by atoms with Gasteiger partial charge in [-0.3, -0.25) is 0 Å². The second-order valence-electron chi connectivity index (χ2n) is 4.69. The summed E-state index contributed by atoms with van der Waals surface area (Å²) in [5.74, 6) is 0. The van der Waals surface area contributed by atoms with Crippen LogP contribution in [-0.4, -0.2) is 38.5 Å². The number of rotatable bonds is 2. The third-order valence-electron chi connectivity index (χ3n) is 3.08. The van der Waals surface area contributed by atoms with Crippen LogP contribution in [0.2, 0.25) is 5.02 Å². The van der Waals surface area contributed by atoms with E-state index in [-0.39, 0.29) is 30.8 Å². The minimum Gasteiger partial charge on any atom is -0.376 e. The maximum Gasteiger partial charge on any atom is 0.416 e. The average molecular weight is 344 g/mol. The fourth-order valence-corrected chi connectivity index (χ4v) is 4.02. The molecule has 1 aromatic rings. The first-order valence-corrected chi connectivity index (χ1v) is 7.92. The lowest BCUT2D eigenvalue weighted by Crippen LogP contribution is -2.44. The normalized spacial score (nSPS) is 21.5. The lowest BCUT2D eigenvalue weighted by molar-refractivity contribution is -0.137. The molecule has 0 N–H and O–H groups in total. The molecule has 1 atom stereocenters. The van der Waals surface area contributed by atoms with Crippen molar-refractivity contribution in [3.63, 3.8) is 0 Å². The number of morpholine rings is 1. The molecule has 0 spiro atoms. The molecule has 1 aromatic carbocycles. The fraction of sp³-hybridized carbons (Fsp3) is 0.500. The second-order valence-corrected chi connectivity index (χ2v) is 7.00. The Morgan fingerprint density at radius 1 is 1.38 bits per heavy atom. The fourth-order valence-electron chi connectivity index (χ4n) is 2.02. The number of hydrogen-bond donors (Lipinski definition) is 0. The molecule has 9 heteroatoms. The minimum absolute atomic E-state index is 0.0783. The van der Waals surface area contributed by atoms with Crippen molar-refractivity contribution < 1.29 is 26.3 Å². The predicted octanol–water partition coefficient (Wildman–Crippen LogP) is 2.77. The van der Waals surface area contributed by atoms with E-state index in [2.05, 4.69) is 0 Å². The van der Waals surface area contributed by atoms with Crippen LogP contribution in [0.15, 0.2) is 23.1 Å². The lowest BCUT2D eigenvalue weighted by atomic mass is 10.2. The number of halogens is 4. The molecule has 0 aromatic heterocycles. The van der Waals surface area contributed by atoms with Crippen LogP contribution in [-0.2, 0) is 20.9 Å². The summed E-state index contributed by atoms with van der Waals surface area (Å²) in [6, 6.07) is 2.27. The number of benzene rings is 1. The highest BCUT2D eigenvalue weighted by Crippen LogP contribution is 2.34. The van der Waals surface area contributed by atoms with Gasteiger partial charge in [-0.15, -0.1) is 0 Å². The summed E-state index contributed by atoms with van der Waals surface area (Å²) in [4.78, 5) is -0.534. The van der Waals surface area contributed by atoms with Crippen molar-refractivity contribution in [3.8, 4) is 0 Å². The van der Waals surface area contributed by atoms with Crippen LogP contribution < -0.4 is 0 Å². The molecule has 1 heterocycles. The summed E-state index contributed by atoms with van der Waals surface area (Å²) >= 11 is 5.78. The Kier molecular flexibility index (Phi) is 4.53. The molecule has 1 fully saturated rings. The molecule has 0 amide bonds. The molecule has 4 nitrogen and oxygen atoms in total. The number of nitrogens with zero attached hydrogens (tertiary/aromatic N) is 1. The zero-order valence-corrected chi connectivity index (χ0v) is 12.6. The van der Waals surface area contributed by atoms with Gasteiger partial charge in [0.2, 0.25) is 10.0 Å². The Balaban J connectivity index is 2.44. The van der Waals surface area contributed by atoms with Crippen molar-refractivity contribution in [2.24, 2.45) is 0 Å². The monoisotopic (exact) mass is 343 g/mol. The van der Waals surface area contributed by atoms with E-state index in [0.29, 0.717) is 6.07 Å². The summed E-state index contributed by atoms with van der Waals surface area (Å²) in [5.41, 5.74) is -1.05. The highest BCUT2D eigenvalue weighted by molar-refractivity contribution is 7.89. The van der Waals surface area contributed by atoms with Crippen molar-refractivity contribution >= 4 is 21.6 Å². The van der Waals surface area contributed by atoms with Crippen molar-refractivity contribution in [3.05, 3.63) is 28.8 Å². The van der Waals surface area contributed by atoms with Crippen LogP contribution in [0.25, 0.3) is 0 Å². The van der Waals surface area contributed by atoms with Gasteiger partial charge in [0.1, 0.15) is 4.90 Å². The van der Waals surface area contributed by atoms with Gasteiger partial charge < -0.3 is 4.74 Å². The van der Waals surface area contributed by atoms with E-state index in [0.717, 1.165) is 16.4 Å². The number of ether oxygens (including phenoxy) is 1. The van der Waals surface area contributed by atoms with Gasteiger partial charge in [0, 0.05) is 13.1 Å². The van der Waals surface area contributed by atoms with Gasteiger partial charge in [-0.2, -0.15) is 17.5 Å². The van der Waals surface area contributed by atoms with Crippen molar-refractivity contribution in [2.45, 2.75) is 24.1 Å². The van der Waals surface area contributed by atoms with Gasteiger partial charge >= 0.3 is 6.18 Å². The molecule has 21 heavy (non-hydrogen) atoms. The van der Waals surface area contributed by atoms with Gasteiger partial charge in [-0.05, 0) is 25.1 Å². The van der Waals surface area contributed by atoms with Gasteiger partial charge in [-0.25, -0.2) is 8.42 Å². The van der Waals surface area contributed by atoms with Crippen molar-refractivity contribution in [1.29, 1.82) is 0 Å². The summed E-state index contributed by atoms with van der Waals surface area (Å²) in [6.45, 7) is 2.04. The van der Waals surface area contributed by atoms with Gasteiger partial charge in [0.25, 0.3) is 0 Å². The van der Waals surface area contributed by atoms with E-state index in [9.17, 15) is 21.6 Å². The topological polar surface area (TPSA) is 46.6 Å². The van der Waals surface area contributed by atoms with Gasteiger partial charge in [0.15, 0.2) is 0 Å². The SMILES string of the molecule is CC1CN(S(=O)(=O)c2cc(C(F)(F)F)ccc2Cl)CCO1. The minimum atomic E-state index is -4.63. The Morgan fingerprint density at radius 3 is 2.62 bits per heavy atom. The molecule has 1 aliphatic heterocycles. The van der Waals surface area contributed by atoms with Crippen LogP contribution in [0.1, 0.15) is 12.5 Å². The molecule has 0 radical (unpaired) electrons. The van der Waals surface area contributed by atoms with E-state index in [4.69, 9.17) is 16.3 Å². The quantitative estimate of drug-likeness (QED) is 0.829. The molecular weight excluding hydrogens is 331 g/mol. The number of alkyl halides is 3. The van der Waals surface area contributed by atoms with Gasteiger partial charge in [-0.1, -0.05) is 11.6 Å². The third-order valence-corrected chi connectivity index (χ3v) is 5.43. The lowest BCUT2D eigenvalue weighted by Gasteiger charge is -2.30. The first-order valence-electron chi connectivity index (χ1n) is 6.11. The zero-order valence-electron chi connectivity index (χ0n) is 11.0. The van der Waals surface area contributed by atoms with E-state index >= 15 is 0 Å². The van der Waals surface area contributed by atoms with Crippen molar-refractivity contribution in [1.82, 2.24) is 4.31 Å². The Morgan fingerprint density at radius 2 is 2.05 bits per heavy atom. The molecule has 0 saturated carbocycles. The molecular formula is C12H13ClF3NO3S. The first-order chi connectivity index (χ1) is 9.62. The summed E-state index contributed by atoms with van der Waals surface area (Å²) in [7, 11) is -4.09. The van der Waals surface area contributed by atoms with Crippen LogP contribution in [0.4, 0.5) is 13.2 Å².